The highest BCUT2D eigenvalue weighted by Gasteiger charge is 2.26. The van der Waals surface area contributed by atoms with Gasteiger partial charge in [-0.3, -0.25) is 9.78 Å². The molecule has 0 fully saturated rings. The average Bonchev–Trinajstić information content (AvgIpc) is 2.83. The lowest BCUT2D eigenvalue weighted by Gasteiger charge is -2.28. The summed E-state index contributed by atoms with van der Waals surface area (Å²) in [6.07, 6.45) is 1.67. The molecule has 0 spiro atoms. The molecule has 2 N–H and O–H groups in total. The number of rotatable bonds is 6. The number of aromatic nitrogens is 4. The molecule has 3 heterocycles. The van der Waals surface area contributed by atoms with E-state index in [0.717, 1.165) is 6.20 Å². The van der Waals surface area contributed by atoms with Crippen LogP contribution in [0.3, 0.4) is 0 Å². The fourth-order valence-electron chi connectivity index (χ4n) is 3.35. The van der Waals surface area contributed by atoms with Crippen LogP contribution in [-0.4, -0.2) is 30.7 Å². The highest BCUT2D eigenvalue weighted by molar-refractivity contribution is 6.33. The van der Waals surface area contributed by atoms with Gasteiger partial charge in [-0.05, 0) is 49.4 Å². The third-order valence-electron chi connectivity index (χ3n) is 5.16. The minimum atomic E-state index is -2.62. The van der Waals surface area contributed by atoms with E-state index >= 15 is 0 Å². The highest BCUT2D eigenvalue weighted by atomic mass is 35.5. The monoisotopic (exact) mass is 468 g/mol. The van der Waals surface area contributed by atoms with E-state index in [1.807, 2.05) is 0 Å². The number of carbonyl (C=O) groups excluding carboxylic acids is 1. The summed E-state index contributed by atoms with van der Waals surface area (Å²) in [6, 6.07) is 10.6. The molecular formula is C23H19ClF2N6O. The molecule has 33 heavy (non-hydrogen) atoms. The van der Waals surface area contributed by atoms with Crippen LogP contribution in [0.15, 0.2) is 61.1 Å². The van der Waals surface area contributed by atoms with Crippen LogP contribution < -0.4 is 5.73 Å². The molecule has 1 atom stereocenters. The van der Waals surface area contributed by atoms with Crippen molar-refractivity contribution in [3.8, 4) is 0 Å². The van der Waals surface area contributed by atoms with Gasteiger partial charge in [-0.25, -0.2) is 23.7 Å². The minimum absolute atomic E-state index is 0.0700. The normalized spacial score (nSPS) is 12.2. The molecular weight excluding hydrogens is 450 g/mol. The number of nitrogen functional groups attached to an aromatic ring is 1. The number of anilines is 1. The number of amides is 1. The maximum Gasteiger partial charge on any atom is 0.265 e. The second-order valence-electron chi connectivity index (χ2n) is 7.36. The fraction of sp³-hybridized carbons (Fsp3) is 0.174. The summed E-state index contributed by atoms with van der Waals surface area (Å²) in [6.45, 7) is 1.86. The summed E-state index contributed by atoms with van der Waals surface area (Å²) in [5, 5.41) is 0.946. The topological polar surface area (TPSA) is 97.9 Å². The number of nitrogens with two attached hydrogens (primary N) is 1. The van der Waals surface area contributed by atoms with Gasteiger partial charge in [-0.15, -0.1) is 0 Å². The minimum Gasteiger partial charge on any atom is -0.382 e. The zero-order chi connectivity index (χ0) is 23.5. The van der Waals surface area contributed by atoms with Gasteiger partial charge in [0.05, 0.1) is 28.8 Å². The summed E-state index contributed by atoms with van der Waals surface area (Å²) < 4.78 is 25.8. The molecule has 1 amide bonds. The average molecular weight is 469 g/mol. The van der Waals surface area contributed by atoms with Crippen molar-refractivity contribution in [3.05, 3.63) is 88.7 Å². The van der Waals surface area contributed by atoms with Crippen LogP contribution in [0.25, 0.3) is 10.9 Å². The number of fused-ring (bicyclic) bond motifs is 1. The van der Waals surface area contributed by atoms with Crippen LogP contribution in [0.5, 0.6) is 0 Å². The summed E-state index contributed by atoms with van der Waals surface area (Å²) >= 11 is 6.09. The molecule has 4 aromatic rings. The first kappa shape index (κ1) is 22.5. The third kappa shape index (κ3) is 4.88. The summed E-state index contributed by atoms with van der Waals surface area (Å²) in [4.78, 5) is 32.0. The summed E-state index contributed by atoms with van der Waals surface area (Å²) in [5.41, 5.74) is 7.02. The molecule has 0 radical (unpaired) electrons. The Morgan fingerprint density at radius 1 is 1.12 bits per heavy atom. The molecule has 7 nitrogen and oxygen atoms in total. The number of hydrogen-bond donors (Lipinski definition) is 1. The predicted molar refractivity (Wildman–Crippen MR) is 121 cm³/mol. The molecule has 0 saturated carbocycles. The molecule has 3 aromatic heterocycles. The first-order valence-electron chi connectivity index (χ1n) is 10.00. The van der Waals surface area contributed by atoms with Crippen LogP contribution >= 0.6 is 11.6 Å². The van der Waals surface area contributed by atoms with Gasteiger partial charge < -0.3 is 10.6 Å². The molecule has 0 aliphatic rings. The van der Waals surface area contributed by atoms with Gasteiger partial charge in [0.2, 0.25) is 0 Å². The fourth-order valence-corrected chi connectivity index (χ4v) is 3.51. The second-order valence-corrected chi connectivity index (χ2v) is 7.77. The van der Waals surface area contributed by atoms with Crippen LogP contribution in [0, 0.1) is 0 Å². The van der Waals surface area contributed by atoms with E-state index in [9.17, 15) is 13.6 Å². The maximum absolute atomic E-state index is 13.6. The zero-order valence-electron chi connectivity index (χ0n) is 17.5. The van der Waals surface area contributed by atoms with Gasteiger partial charge >= 0.3 is 0 Å². The molecule has 1 aromatic carbocycles. The lowest BCUT2D eigenvalue weighted by atomic mass is 10.1. The van der Waals surface area contributed by atoms with Crippen molar-refractivity contribution < 1.29 is 13.6 Å². The number of nitrogens with zero attached hydrogens (tertiary/aromatic N) is 5. The standard InChI is InChI=1S/C23H19ClF2N6O/c1-13(22-28-7-2-8-29-22)32(12-17-5-3-15(11-30-17)20(25)26)23(33)14-4-6-19-16(9-14)10-18(24)21(27)31-19/h2-11,13,20H,12H2,1H3,(H2,27,31)/t13-/m1/s1. The van der Waals surface area contributed by atoms with Crippen LogP contribution in [0.4, 0.5) is 14.6 Å². The molecule has 0 unspecified atom stereocenters. The summed E-state index contributed by atoms with van der Waals surface area (Å²) in [5.74, 6) is 0.330. The van der Waals surface area contributed by atoms with E-state index in [1.165, 1.54) is 17.0 Å². The van der Waals surface area contributed by atoms with Crippen LogP contribution in [0.1, 0.15) is 46.8 Å². The van der Waals surface area contributed by atoms with Gasteiger partial charge in [0.25, 0.3) is 12.3 Å². The lowest BCUT2D eigenvalue weighted by Crippen LogP contribution is -2.34. The van der Waals surface area contributed by atoms with Crippen molar-refractivity contribution >= 4 is 34.2 Å². The molecule has 0 bridgehead atoms. The molecule has 4 rings (SSSR count). The zero-order valence-corrected chi connectivity index (χ0v) is 18.2. The Morgan fingerprint density at radius 3 is 2.55 bits per heavy atom. The van der Waals surface area contributed by atoms with E-state index in [0.29, 0.717) is 33.0 Å². The number of pyridine rings is 2. The smallest absolute Gasteiger partial charge is 0.265 e. The SMILES string of the molecule is C[C@H](c1ncccn1)N(Cc1ccc(C(F)F)cn1)C(=O)c1ccc2nc(N)c(Cl)cc2c1. The Balaban J connectivity index is 1.70. The molecule has 0 saturated heterocycles. The number of hydrogen-bond acceptors (Lipinski definition) is 6. The van der Waals surface area contributed by atoms with Gasteiger partial charge in [0, 0.05) is 35.1 Å². The molecule has 10 heteroatoms. The Hall–Kier alpha value is -3.72. The van der Waals surface area contributed by atoms with Gasteiger partial charge in [-0.2, -0.15) is 0 Å². The Kier molecular flexibility index (Phi) is 6.41. The largest absolute Gasteiger partial charge is 0.382 e. The number of benzene rings is 1. The Morgan fingerprint density at radius 2 is 1.88 bits per heavy atom. The van der Waals surface area contributed by atoms with Crippen molar-refractivity contribution in [1.29, 1.82) is 0 Å². The van der Waals surface area contributed by atoms with Gasteiger partial charge in [0.15, 0.2) is 0 Å². The first-order valence-corrected chi connectivity index (χ1v) is 10.4. The van der Waals surface area contributed by atoms with Crippen molar-refractivity contribution in [3.63, 3.8) is 0 Å². The van der Waals surface area contributed by atoms with E-state index in [1.54, 1.807) is 49.6 Å². The van der Waals surface area contributed by atoms with Crippen molar-refractivity contribution in [2.24, 2.45) is 0 Å². The van der Waals surface area contributed by atoms with Gasteiger partial charge in [-0.1, -0.05) is 11.6 Å². The second kappa shape index (κ2) is 9.41. The molecule has 0 aliphatic heterocycles. The van der Waals surface area contributed by atoms with E-state index < -0.39 is 12.5 Å². The van der Waals surface area contributed by atoms with E-state index in [-0.39, 0.29) is 23.8 Å². The maximum atomic E-state index is 13.6. The van der Waals surface area contributed by atoms with Crippen molar-refractivity contribution in [1.82, 2.24) is 24.8 Å². The summed E-state index contributed by atoms with van der Waals surface area (Å²) in [7, 11) is 0. The number of alkyl halides is 2. The first-order chi connectivity index (χ1) is 15.8. The van der Waals surface area contributed by atoms with Crippen molar-refractivity contribution in [2.45, 2.75) is 25.9 Å². The Labute approximate surface area is 193 Å². The highest BCUT2D eigenvalue weighted by Crippen LogP contribution is 2.27. The molecule has 168 valence electrons. The molecule has 0 aliphatic carbocycles. The van der Waals surface area contributed by atoms with Gasteiger partial charge in [0.1, 0.15) is 11.6 Å². The van der Waals surface area contributed by atoms with E-state index in [4.69, 9.17) is 17.3 Å². The lowest BCUT2D eigenvalue weighted by molar-refractivity contribution is 0.0663. The predicted octanol–water partition coefficient (Wildman–Crippen LogP) is 5.00. The van der Waals surface area contributed by atoms with E-state index in [2.05, 4.69) is 19.9 Å². The van der Waals surface area contributed by atoms with Crippen LogP contribution in [0.2, 0.25) is 5.02 Å². The van der Waals surface area contributed by atoms with Crippen LogP contribution in [-0.2, 0) is 6.54 Å². The van der Waals surface area contributed by atoms with Crippen molar-refractivity contribution in [2.75, 3.05) is 5.73 Å². The number of halogens is 3. The quantitative estimate of drug-likeness (QED) is 0.427. The third-order valence-corrected chi connectivity index (χ3v) is 5.46. The Bertz CT molecular complexity index is 1290. The number of carbonyl (C=O) groups is 1.